The van der Waals surface area contributed by atoms with Crippen molar-refractivity contribution in [3.05, 3.63) is 64.7 Å². The lowest BCUT2D eigenvalue weighted by Gasteiger charge is -2.34. The third-order valence-corrected chi connectivity index (χ3v) is 4.60. The van der Waals surface area contributed by atoms with Crippen LogP contribution in [0.2, 0.25) is 5.02 Å². The predicted octanol–water partition coefficient (Wildman–Crippen LogP) is 2.25. The predicted molar refractivity (Wildman–Crippen MR) is 96.5 cm³/mol. The Hall–Kier alpha value is -2.37. The minimum atomic E-state index is -0.136. The second-order valence-electron chi connectivity index (χ2n) is 5.96. The minimum absolute atomic E-state index is 0.0211. The molecule has 2 aromatic rings. The highest BCUT2D eigenvalue weighted by molar-refractivity contribution is 6.33. The van der Waals surface area contributed by atoms with Gasteiger partial charge in [0.2, 0.25) is 11.8 Å². The van der Waals surface area contributed by atoms with Crippen LogP contribution in [0.4, 0.5) is 5.69 Å². The Morgan fingerprint density at radius 3 is 2.36 bits per heavy atom. The molecule has 1 heterocycles. The van der Waals surface area contributed by atoms with Gasteiger partial charge in [-0.2, -0.15) is 0 Å². The highest BCUT2D eigenvalue weighted by atomic mass is 35.5. The van der Waals surface area contributed by atoms with Crippen molar-refractivity contribution in [3.8, 4) is 0 Å². The molecule has 0 spiro atoms. The van der Waals surface area contributed by atoms with Gasteiger partial charge in [-0.15, -0.1) is 0 Å². The Balaban J connectivity index is 1.63. The van der Waals surface area contributed by atoms with Crippen LogP contribution in [0, 0.1) is 0 Å². The number of piperazine rings is 1. The molecular weight excluding hydrogens is 340 g/mol. The standard InChI is InChI=1S/C19H19ClN2O3/c20-16-3-1-2-4-17(16)22-10-9-21(12-19(22)25)18(24)11-14-5-7-15(13-23)8-6-14/h1-8,23H,9-13H2. The van der Waals surface area contributed by atoms with Gasteiger partial charge in [0.25, 0.3) is 0 Å². The lowest BCUT2D eigenvalue weighted by atomic mass is 10.1. The summed E-state index contributed by atoms with van der Waals surface area (Å²) in [7, 11) is 0. The summed E-state index contributed by atoms with van der Waals surface area (Å²) < 4.78 is 0. The number of benzene rings is 2. The number of carbonyl (C=O) groups is 2. The third kappa shape index (κ3) is 4.00. The van der Waals surface area contributed by atoms with Gasteiger partial charge in [0.1, 0.15) is 6.54 Å². The summed E-state index contributed by atoms with van der Waals surface area (Å²) in [5.41, 5.74) is 2.35. The van der Waals surface area contributed by atoms with Crippen LogP contribution in [0.1, 0.15) is 11.1 Å². The first kappa shape index (κ1) is 17.5. The van der Waals surface area contributed by atoms with Crippen molar-refractivity contribution in [2.24, 2.45) is 0 Å². The Kier molecular flexibility index (Phi) is 5.36. The second kappa shape index (κ2) is 7.68. The van der Waals surface area contributed by atoms with E-state index in [0.717, 1.165) is 11.1 Å². The fourth-order valence-corrected chi connectivity index (χ4v) is 3.10. The molecule has 2 aromatic carbocycles. The van der Waals surface area contributed by atoms with E-state index < -0.39 is 0 Å². The summed E-state index contributed by atoms with van der Waals surface area (Å²) >= 11 is 6.16. The number of rotatable bonds is 4. The van der Waals surface area contributed by atoms with Crippen molar-refractivity contribution < 1.29 is 14.7 Å². The molecule has 6 heteroatoms. The molecule has 25 heavy (non-hydrogen) atoms. The number of hydrogen-bond acceptors (Lipinski definition) is 3. The molecule has 3 rings (SSSR count). The Labute approximate surface area is 151 Å². The highest BCUT2D eigenvalue weighted by Crippen LogP contribution is 2.26. The topological polar surface area (TPSA) is 60.9 Å². The zero-order valence-electron chi connectivity index (χ0n) is 13.7. The summed E-state index contributed by atoms with van der Waals surface area (Å²) in [5.74, 6) is -0.216. The van der Waals surface area contributed by atoms with Crippen molar-refractivity contribution in [2.45, 2.75) is 13.0 Å². The van der Waals surface area contributed by atoms with Gasteiger partial charge in [0, 0.05) is 13.1 Å². The van der Waals surface area contributed by atoms with Crippen molar-refractivity contribution in [2.75, 3.05) is 24.5 Å². The lowest BCUT2D eigenvalue weighted by Crippen LogP contribution is -2.52. The van der Waals surface area contributed by atoms with E-state index >= 15 is 0 Å². The number of anilines is 1. The first-order valence-electron chi connectivity index (χ1n) is 8.10. The van der Waals surface area contributed by atoms with Crippen LogP contribution in [-0.4, -0.2) is 41.5 Å². The van der Waals surface area contributed by atoms with Crippen LogP contribution in [0.3, 0.4) is 0 Å². The molecule has 0 atom stereocenters. The fraction of sp³-hybridized carbons (Fsp3) is 0.263. The van der Waals surface area contributed by atoms with Crippen LogP contribution in [0.25, 0.3) is 0 Å². The first-order chi connectivity index (χ1) is 12.1. The minimum Gasteiger partial charge on any atom is -0.392 e. The Morgan fingerprint density at radius 2 is 1.72 bits per heavy atom. The smallest absolute Gasteiger partial charge is 0.246 e. The average Bonchev–Trinajstić information content (AvgIpc) is 2.63. The average molecular weight is 359 g/mol. The molecule has 1 saturated heterocycles. The van der Waals surface area contributed by atoms with Gasteiger partial charge >= 0.3 is 0 Å². The van der Waals surface area contributed by atoms with E-state index in [1.165, 1.54) is 0 Å². The molecule has 0 bridgehead atoms. The van der Waals surface area contributed by atoms with E-state index in [-0.39, 0.29) is 31.4 Å². The number of para-hydroxylation sites is 1. The summed E-state index contributed by atoms with van der Waals surface area (Å²) in [6.45, 7) is 0.938. The third-order valence-electron chi connectivity index (χ3n) is 4.28. The second-order valence-corrected chi connectivity index (χ2v) is 6.37. The Bertz CT molecular complexity index is 776. The molecular formula is C19H19ClN2O3. The Morgan fingerprint density at radius 1 is 1.04 bits per heavy atom. The molecule has 0 radical (unpaired) electrons. The molecule has 1 aliphatic heterocycles. The van der Waals surface area contributed by atoms with E-state index in [1.54, 1.807) is 34.1 Å². The molecule has 5 nitrogen and oxygen atoms in total. The van der Waals surface area contributed by atoms with Gasteiger partial charge in [-0.25, -0.2) is 0 Å². The van der Waals surface area contributed by atoms with Crippen LogP contribution >= 0.6 is 11.6 Å². The molecule has 0 aliphatic carbocycles. The summed E-state index contributed by atoms with van der Waals surface area (Å²) in [6.07, 6.45) is 0.241. The molecule has 1 N–H and O–H groups in total. The van der Waals surface area contributed by atoms with E-state index in [2.05, 4.69) is 0 Å². The van der Waals surface area contributed by atoms with Crippen molar-refractivity contribution in [3.63, 3.8) is 0 Å². The number of aliphatic hydroxyl groups is 1. The number of nitrogens with zero attached hydrogens (tertiary/aromatic N) is 2. The summed E-state index contributed by atoms with van der Waals surface area (Å²) in [5, 5.41) is 9.58. The van der Waals surface area contributed by atoms with E-state index in [9.17, 15) is 9.59 Å². The fourth-order valence-electron chi connectivity index (χ4n) is 2.86. The SMILES string of the molecule is O=C(Cc1ccc(CO)cc1)N1CCN(c2ccccc2Cl)C(=O)C1. The van der Waals surface area contributed by atoms with Crippen molar-refractivity contribution in [1.29, 1.82) is 0 Å². The number of aliphatic hydroxyl groups excluding tert-OH is 1. The largest absolute Gasteiger partial charge is 0.392 e. The summed E-state index contributed by atoms with van der Waals surface area (Å²) in [6, 6.07) is 14.4. The van der Waals surface area contributed by atoms with Crippen LogP contribution < -0.4 is 4.90 Å². The molecule has 0 saturated carbocycles. The molecule has 130 valence electrons. The van der Waals surface area contributed by atoms with E-state index in [0.29, 0.717) is 23.8 Å². The number of halogens is 1. The maximum absolute atomic E-state index is 12.5. The van der Waals surface area contributed by atoms with Crippen molar-refractivity contribution in [1.82, 2.24) is 4.90 Å². The normalized spacial score (nSPS) is 14.7. The first-order valence-corrected chi connectivity index (χ1v) is 8.47. The zero-order chi connectivity index (χ0) is 17.8. The molecule has 1 fully saturated rings. The van der Waals surface area contributed by atoms with Crippen LogP contribution in [-0.2, 0) is 22.6 Å². The molecule has 2 amide bonds. The molecule has 1 aliphatic rings. The van der Waals surface area contributed by atoms with Gasteiger partial charge < -0.3 is 14.9 Å². The van der Waals surface area contributed by atoms with Gasteiger partial charge in [-0.1, -0.05) is 48.0 Å². The zero-order valence-corrected chi connectivity index (χ0v) is 14.4. The monoisotopic (exact) mass is 358 g/mol. The van der Waals surface area contributed by atoms with Gasteiger partial charge in [-0.05, 0) is 23.3 Å². The molecule has 0 aromatic heterocycles. The van der Waals surface area contributed by atoms with Gasteiger partial charge in [0.05, 0.1) is 23.7 Å². The maximum atomic E-state index is 12.5. The van der Waals surface area contributed by atoms with Crippen molar-refractivity contribution >= 4 is 29.1 Å². The number of hydrogen-bond donors (Lipinski definition) is 1. The van der Waals surface area contributed by atoms with E-state index in [4.69, 9.17) is 16.7 Å². The van der Waals surface area contributed by atoms with Gasteiger partial charge in [-0.3, -0.25) is 9.59 Å². The van der Waals surface area contributed by atoms with Crippen LogP contribution in [0.5, 0.6) is 0 Å². The highest BCUT2D eigenvalue weighted by Gasteiger charge is 2.28. The number of amides is 2. The summed E-state index contributed by atoms with van der Waals surface area (Å²) in [4.78, 5) is 28.1. The maximum Gasteiger partial charge on any atom is 0.246 e. The lowest BCUT2D eigenvalue weighted by molar-refractivity contribution is -0.136. The molecule has 0 unspecified atom stereocenters. The van der Waals surface area contributed by atoms with Crippen LogP contribution in [0.15, 0.2) is 48.5 Å². The quantitative estimate of drug-likeness (QED) is 0.911. The number of carbonyl (C=O) groups excluding carboxylic acids is 2. The van der Waals surface area contributed by atoms with Gasteiger partial charge in [0.15, 0.2) is 0 Å². The van der Waals surface area contributed by atoms with E-state index in [1.807, 2.05) is 24.3 Å².